The average molecular weight is 567 g/mol. The first kappa shape index (κ1) is 28.6. The lowest BCUT2D eigenvalue weighted by Crippen LogP contribution is -2.35. The maximum Gasteiger partial charge on any atom is 0.258 e. The Bertz CT molecular complexity index is 1620. The first-order valence-corrected chi connectivity index (χ1v) is 13.8. The fraction of sp³-hybridized carbons (Fsp3) is 0.250. The number of H-pyrrole nitrogens is 1. The van der Waals surface area contributed by atoms with E-state index >= 15 is 0 Å². The molecule has 0 saturated heterocycles. The Morgan fingerprint density at radius 3 is 2.52 bits per heavy atom. The second-order valence-corrected chi connectivity index (χ2v) is 9.80. The number of hydrogen-bond donors (Lipinski definition) is 3. The molecule has 3 N–H and O–H groups in total. The van der Waals surface area contributed by atoms with E-state index in [0.717, 1.165) is 39.7 Å². The summed E-state index contributed by atoms with van der Waals surface area (Å²) in [5, 5.41) is 14.1. The minimum absolute atomic E-state index is 0.0696. The van der Waals surface area contributed by atoms with Gasteiger partial charge in [-0.05, 0) is 61.4 Å². The molecular weight excluding hydrogens is 532 g/mol. The van der Waals surface area contributed by atoms with Crippen molar-refractivity contribution in [3.8, 4) is 34.0 Å². The largest absolute Gasteiger partial charge is 0.491 e. The summed E-state index contributed by atoms with van der Waals surface area (Å²) in [6.07, 6.45) is 4.49. The summed E-state index contributed by atoms with van der Waals surface area (Å²) in [5.74, 6) is 2.23. The van der Waals surface area contributed by atoms with E-state index in [1.807, 2.05) is 86.8 Å². The number of benzene rings is 3. The van der Waals surface area contributed by atoms with Gasteiger partial charge in [0.1, 0.15) is 23.9 Å². The molecule has 2 heterocycles. The first-order chi connectivity index (χ1) is 20.5. The molecule has 0 unspecified atom stereocenters. The van der Waals surface area contributed by atoms with Crippen LogP contribution in [0.4, 0.5) is 11.5 Å². The van der Waals surface area contributed by atoms with E-state index in [1.165, 1.54) is 0 Å². The number of aromatic nitrogens is 4. The highest BCUT2D eigenvalue weighted by molar-refractivity contribution is 5.93. The predicted molar refractivity (Wildman–Crippen MR) is 163 cm³/mol. The number of ether oxygens (including phenoxy) is 3. The van der Waals surface area contributed by atoms with Gasteiger partial charge in [-0.3, -0.25) is 9.89 Å². The second-order valence-electron chi connectivity index (χ2n) is 9.80. The fourth-order valence-electron chi connectivity index (χ4n) is 4.25. The fourth-order valence-corrected chi connectivity index (χ4v) is 4.25. The zero-order valence-electron chi connectivity index (χ0n) is 23.9. The van der Waals surface area contributed by atoms with Crippen molar-refractivity contribution in [3.05, 3.63) is 79.1 Å². The minimum atomic E-state index is -0.162. The highest BCUT2D eigenvalue weighted by atomic mass is 16.5. The van der Waals surface area contributed by atoms with E-state index in [-0.39, 0.29) is 18.6 Å². The van der Waals surface area contributed by atoms with Crippen LogP contribution < -0.4 is 20.1 Å². The molecule has 10 nitrogen and oxygen atoms in total. The Hall–Kier alpha value is -4.96. The van der Waals surface area contributed by atoms with Crippen molar-refractivity contribution in [1.82, 2.24) is 25.5 Å². The minimum Gasteiger partial charge on any atom is -0.491 e. The van der Waals surface area contributed by atoms with Gasteiger partial charge in [-0.25, -0.2) is 9.97 Å². The molecule has 5 aromatic rings. The predicted octanol–water partition coefficient (Wildman–Crippen LogP) is 5.75. The van der Waals surface area contributed by atoms with Crippen molar-refractivity contribution >= 4 is 28.3 Å². The van der Waals surface area contributed by atoms with Crippen molar-refractivity contribution in [1.29, 1.82) is 0 Å². The molecule has 3 aromatic carbocycles. The SMILES string of the molecule is CC[C@H](C)NC(=O)COc1cccc(-c2nc(Nc3ccc(-c4cn[nH]c4)cc3)c3cc(OCCOC)ccc3n2)c1. The topological polar surface area (TPSA) is 123 Å². The number of carbonyl (C=O) groups is 1. The average Bonchev–Trinajstić information content (AvgIpc) is 3.56. The molecule has 0 aliphatic carbocycles. The molecule has 1 amide bonds. The molecule has 5 rings (SSSR count). The third-order valence-electron chi connectivity index (χ3n) is 6.68. The van der Waals surface area contributed by atoms with Crippen molar-refractivity contribution in [3.63, 3.8) is 0 Å². The standard InChI is InChI=1S/C32H34N6O4/c1-4-21(2)35-30(39)20-42-26-7-5-6-23(16-26)31-37-29-13-12-27(41-15-14-40-3)17-28(29)32(38-31)36-25-10-8-22(9-11-25)24-18-33-34-19-24/h5-13,16-19,21H,4,14-15,20H2,1-3H3,(H,33,34)(H,35,39)(H,36,37,38)/t21-/m0/s1. The van der Waals surface area contributed by atoms with Crippen LogP contribution in [-0.2, 0) is 9.53 Å². The number of fused-ring (bicyclic) bond motifs is 1. The van der Waals surface area contributed by atoms with E-state index in [0.29, 0.717) is 36.4 Å². The summed E-state index contributed by atoms with van der Waals surface area (Å²) in [6, 6.07) is 21.3. The normalized spacial score (nSPS) is 11.7. The molecule has 10 heteroatoms. The molecule has 0 aliphatic rings. The van der Waals surface area contributed by atoms with E-state index < -0.39 is 0 Å². The van der Waals surface area contributed by atoms with E-state index in [4.69, 9.17) is 24.2 Å². The van der Waals surface area contributed by atoms with Gasteiger partial charge in [0.2, 0.25) is 0 Å². The molecule has 0 bridgehead atoms. The Kier molecular flexibility index (Phi) is 9.25. The number of nitrogens with one attached hydrogen (secondary N) is 3. The smallest absolute Gasteiger partial charge is 0.258 e. The van der Waals surface area contributed by atoms with Crippen molar-refractivity contribution in [2.45, 2.75) is 26.3 Å². The number of anilines is 2. The third-order valence-corrected chi connectivity index (χ3v) is 6.68. The summed E-state index contributed by atoms with van der Waals surface area (Å²) in [6.45, 7) is 4.83. The van der Waals surface area contributed by atoms with Crippen molar-refractivity contribution in [2.75, 3.05) is 32.2 Å². The molecule has 2 aromatic heterocycles. The van der Waals surface area contributed by atoms with Gasteiger partial charge in [0.15, 0.2) is 12.4 Å². The van der Waals surface area contributed by atoms with Gasteiger partial charge in [-0.2, -0.15) is 5.10 Å². The molecule has 0 fully saturated rings. The second kappa shape index (κ2) is 13.6. The zero-order chi connectivity index (χ0) is 29.3. The highest BCUT2D eigenvalue weighted by Gasteiger charge is 2.13. The van der Waals surface area contributed by atoms with E-state index in [9.17, 15) is 4.79 Å². The van der Waals surface area contributed by atoms with Crippen LogP contribution in [0, 0.1) is 0 Å². The molecule has 0 spiro atoms. The van der Waals surface area contributed by atoms with Crippen LogP contribution in [0.25, 0.3) is 33.4 Å². The van der Waals surface area contributed by atoms with Crippen LogP contribution in [0.2, 0.25) is 0 Å². The Morgan fingerprint density at radius 1 is 0.929 bits per heavy atom. The molecular formula is C32H34N6O4. The number of rotatable bonds is 13. The van der Waals surface area contributed by atoms with Crippen LogP contribution in [-0.4, -0.2) is 59.0 Å². The van der Waals surface area contributed by atoms with Crippen molar-refractivity contribution in [2.24, 2.45) is 0 Å². The summed E-state index contributed by atoms with van der Waals surface area (Å²) < 4.78 is 16.8. The van der Waals surface area contributed by atoms with E-state index in [1.54, 1.807) is 13.3 Å². The maximum absolute atomic E-state index is 12.2. The lowest BCUT2D eigenvalue weighted by molar-refractivity contribution is -0.123. The lowest BCUT2D eigenvalue weighted by Gasteiger charge is -2.14. The maximum atomic E-state index is 12.2. The number of aromatic amines is 1. The number of amides is 1. The number of hydrogen-bond acceptors (Lipinski definition) is 8. The lowest BCUT2D eigenvalue weighted by atomic mass is 10.1. The number of nitrogens with zero attached hydrogens (tertiary/aromatic N) is 3. The summed E-state index contributed by atoms with van der Waals surface area (Å²) in [5.41, 5.74) is 4.43. The van der Waals surface area contributed by atoms with Gasteiger partial charge in [0, 0.05) is 41.5 Å². The zero-order valence-corrected chi connectivity index (χ0v) is 23.9. The van der Waals surface area contributed by atoms with Gasteiger partial charge < -0.3 is 24.8 Å². The Balaban J connectivity index is 1.44. The quantitative estimate of drug-likeness (QED) is 0.154. The first-order valence-electron chi connectivity index (χ1n) is 13.8. The molecule has 42 heavy (non-hydrogen) atoms. The number of methoxy groups -OCH3 is 1. The van der Waals surface area contributed by atoms with Crippen LogP contribution in [0.15, 0.2) is 79.1 Å². The third kappa shape index (κ3) is 7.21. The molecule has 1 atom stereocenters. The van der Waals surface area contributed by atoms with Gasteiger partial charge in [0.25, 0.3) is 5.91 Å². The Labute approximate surface area is 244 Å². The molecule has 0 radical (unpaired) electrons. The molecule has 0 saturated carbocycles. The van der Waals surface area contributed by atoms with Gasteiger partial charge in [0.05, 0.1) is 18.3 Å². The summed E-state index contributed by atoms with van der Waals surface area (Å²) in [7, 11) is 1.64. The number of carbonyl (C=O) groups excluding carboxylic acids is 1. The van der Waals surface area contributed by atoms with Gasteiger partial charge >= 0.3 is 0 Å². The van der Waals surface area contributed by atoms with Crippen LogP contribution in [0.5, 0.6) is 11.5 Å². The van der Waals surface area contributed by atoms with Crippen LogP contribution >= 0.6 is 0 Å². The molecule has 216 valence electrons. The summed E-state index contributed by atoms with van der Waals surface area (Å²) >= 11 is 0. The highest BCUT2D eigenvalue weighted by Crippen LogP contribution is 2.32. The molecule has 0 aliphatic heterocycles. The van der Waals surface area contributed by atoms with Crippen molar-refractivity contribution < 1.29 is 19.0 Å². The monoisotopic (exact) mass is 566 g/mol. The van der Waals surface area contributed by atoms with Gasteiger partial charge in [-0.1, -0.05) is 31.2 Å². The van der Waals surface area contributed by atoms with Crippen LogP contribution in [0.3, 0.4) is 0 Å². The van der Waals surface area contributed by atoms with Gasteiger partial charge in [-0.15, -0.1) is 0 Å². The van der Waals surface area contributed by atoms with Crippen LogP contribution in [0.1, 0.15) is 20.3 Å². The summed E-state index contributed by atoms with van der Waals surface area (Å²) in [4.78, 5) is 22.0. The van der Waals surface area contributed by atoms with E-state index in [2.05, 4.69) is 20.8 Å². The Morgan fingerprint density at radius 2 is 1.76 bits per heavy atom.